The lowest BCUT2D eigenvalue weighted by molar-refractivity contribution is -0.231. The second-order valence-electron chi connectivity index (χ2n) is 10.8. The molecule has 0 aromatic heterocycles. The molecule has 2 heterocycles. The lowest BCUT2D eigenvalue weighted by Gasteiger charge is -2.50. The van der Waals surface area contributed by atoms with Gasteiger partial charge in [-0.2, -0.15) is 13.2 Å². The summed E-state index contributed by atoms with van der Waals surface area (Å²) in [5, 5.41) is 6.33. The summed E-state index contributed by atoms with van der Waals surface area (Å²) in [6, 6.07) is 20.5. The number of urea groups is 1. The summed E-state index contributed by atoms with van der Waals surface area (Å²) in [5.41, 5.74) is -1.51. The van der Waals surface area contributed by atoms with Gasteiger partial charge in [0, 0.05) is 0 Å². The molecular weight excluding hydrogens is 551 g/mol. The molecule has 42 heavy (non-hydrogen) atoms. The standard InChI is InChI=1S/C31H30F3N3O5/c1-20-15-23(17-25(16-20)31(32,33)34)21(2)41-19-30(24-11-7-4-8-12-24)14-13-29(27(39)35-28(40)36-29)18-37(30)42-26(38)22-9-5-3-6-10-22/h3-12,15-17,21H,13-14,18-19H2,1-2H3,(H2,35,36,39,40)/t21-,29?,30-/m1/s1. The highest BCUT2D eigenvalue weighted by Gasteiger charge is 2.57. The number of imide groups is 1. The van der Waals surface area contributed by atoms with Gasteiger partial charge < -0.3 is 14.9 Å². The van der Waals surface area contributed by atoms with Crippen molar-refractivity contribution in [1.82, 2.24) is 15.7 Å². The maximum absolute atomic E-state index is 13.5. The highest BCUT2D eigenvalue weighted by atomic mass is 19.4. The normalized spacial score (nSPS) is 23.4. The van der Waals surface area contributed by atoms with Gasteiger partial charge >= 0.3 is 18.2 Å². The molecule has 8 nitrogen and oxygen atoms in total. The van der Waals surface area contributed by atoms with Crippen molar-refractivity contribution in [3.05, 3.63) is 107 Å². The molecule has 2 aliphatic rings. The number of ether oxygens (including phenoxy) is 1. The fraction of sp³-hybridized carbons (Fsp3) is 0.323. The molecule has 1 spiro atoms. The van der Waals surface area contributed by atoms with Gasteiger partial charge in [-0.25, -0.2) is 9.59 Å². The summed E-state index contributed by atoms with van der Waals surface area (Å²) in [7, 11) is 0. The maximum Gasteiger partial charge on any atom is 0.416 e. The lowest BCUT2D eigenvalue weighted by atomic mass is 9.76. The van der Waals surface area contributed by atoms with E-state index in [0.29, 0.717) is 16.7 Å². The number of aryl methyl sites for hydroxylation is 1. The van der Waals surface area contributed by atoms with Crippen LogP contribution in [0.3, 0.4) is 0 Å². The van der Waals surface area contributed by atoms with E-state index in [1.165, 1.54) is 5.06 Å². The average Bonchev–Trinajstić information content (AvgIpc) is 3.24. The smallest absolute Gasteiger partial charge is 0.371 e. The van der Waals surface area contributed by atoms with E-state index in [0.717, 1.165) is 12.1 Å². The first kappa shape index (κ1) is 29.3. The Morgan fingerprint density at radius 3 is 2.29 bits per heavy atom. The zero-order valence-corrected chi connectivity index (χ0v) is 23.0. The number of hydroxylamine groups is 2. The molecule has 2 saturated heterocycles. The number of nitrogens with zero attached hydrogens (tertiary/aromatic N) is 1. The van der Waals surface area contributed by atoms with Crippen LogP contribution < -0.4 is 10.6 Å². The van der Waals surface area contributed by atoms with Crippen LogP contribution in [0.1, 0.15) is 58.5 Å². The number of piperidine rings is 1. The fourth-order valence-electron chi connectivity index (χ4n) is 5.52. The number of hydrogen-bond acceptors (Lipinski definition) is 6. The molecule has 2 N–H and O–H groups in total. The number of carbonyl (C=O) groups excluding carboxylic acids is 3. The summed E-state index contributed by atoms with van der Waals surface area (Å²) < 4.78 is 46.9. The molecule has 1 unspecified atom stereocenters. The number of benzene rings is 3. The maximum atomic E-state index is 13.5. The Labute approximate surface area is 240 Å². The minimum Gasteiger partial charge on any atom is -0.371 e. The quantitative estimate of drug-likeness (QED) is 0.361. The molecule has 2 aliphatic heterocycles. The second-order valence-corrected chi connectivity index (χ2v) is 10.8. The zero-order chi connectivity index (χ0) is 30.1. The number of carbonyl (C=O) groups is 3. The van der Waals surface area contributed by atoms with E-state index in [9.17, 15) is 27.6 Å². The first-order valence-electron chi connectivity index (χ1n) is 13.5. The van der Waals surface area contributed by atoms with E-state index < -0.39 is 46.8 Å². The predicted octanol–water partition coefficient (Wildman–Crippen LogP) is 5.43. The topological polar surface area (TPSA) is 97.0 Å². The molecule has 3 aromatic carbocycles. The highest BCUT2D eigenvalue weighted by Crippen LogP contribution is 2.44. The van der Waals surface area contributed by atoms with Crippen LogP contribution in [0, 0.1) is 6.92 Å². The van der Waals surface area contributed by atoms with Gasteiger partial charge in [0.05, 0.1) is 30.4 Å². The molecule has 3 amide bonds. The minimum absolute atomic E-state index is 0.0960. The third kappa shape index (κ3) is 5.75. The minimum atomic E-state index is -4.52. The van der Waals surface area contributed by atoms with Gasteiger partial charge in [0.15, 0.2) is 0 Å². The largest absolute Gasteiger partial charge is 0.416 e. The summed E-state index contributed by atoms with van der Waals surface area (Å²) >= 11 is 0. The van der Waals surface area contributed by atoms with Gasteiger partial charge in [-0.1, -0.05) is 60.2 Å². The van der Waals surface area contributed by atoms with Crippen LogP contribution in [-0.4, -0.2) is 41.7 Å². The van der Waals surface area contributed by atoms with Crippen LogP contribution >= 0.6 is 0 Å². The monoisotopic (exact) mass is 581 g/mol. The highest BCUT2D eigenvalue weighted by molar-refractivity contribution is 6.07. The van der Waals surface area contributed by atoms with Crippen molar-refractivity contribution >= 4 is 17.9 Å². The van der Waals surface area contributed by atoms with Crippen LogP contribution in [0.4, 0.5) is 18.0 Å². The number of nitrogens with one attached hydrogen (secondary N) is 2. The molecule has 220 valence electrons. The summed E-state index contributed by atoms with van der Waals surface area (Å²) in [6.45, 7) is 2.96. The van der Waals surface area contributed by atoms with Crippen molar-refractivity contribution in [3.8, 4) is 0 Å². The van der Waals surface area contributed by atoms with Gasteiger partial charge in [0.2, 0.25) is 0 Å². The Hall–Kier alpha value is -4.22. The molecule has 0 aliphatic carbocycles. The molecule has 0 radical (unpaired) electrons. The molecule has 5 rings (SSSR count). The van der Waals surface area contributed by atoms with Crippen LogP contribution in [0.5, 0.6) is 0 Å². The van der Waals surface area contributed by atoms with Crippen molar-refractivity contribution in [2.75, 3.05) is 13.2 Å². The summed E-state index contributed by atoms with van der Waals surface area (Å²) in [4.78, 5) is 44.3. The van der Waals surface area contributed by atoms with E-state index in [4.69, 9.17) is 9.57 Å². The molecule has 3 atom stereocenters. The van der Waals surface area contributed by atoms with Gasteiger partial charge in [-0.3, -0.25) is 10.1 Å². The van der Waals surface area contributed by atoms with E-state index in [2.05, 4.69) is 10.6 Å². The van der Waals surface area contributed by atoms with Crippen molar-refractivity contribution in [1.29, 1.82) is 0 Å². The lowest BCUT2D eigenvalue weighted by Crippen LogP contribution is -2.66. The molecule has 11 heteroatoms. The Bertz CT molecular complexity index is 1480. The third-order valence-electron chi connectivity index (χ3n) is 7.85. The number of rotatable bonds is 7. The first-order chi connectivity index (χ1) is 19.9. The summed E-state index contributed by atoms with van der Waals surface area (Å²) in [6.07, 6.45) is -4.87. The number of amides is 3. The Morgan fingerprint density at radius 1 is 1.00 bits per heavy atom. The van der Waals surface area contributed by atoms with Crippen molar-refractivity contribution in [2.45, 2.75) is 50.0 Å². The van der Waals surface area contributed by atoms with Gasteiger partial charge in [0.1, 0.15) is 11.1 Å². The summed E-state index contributed by atoms with van der Waals surface area (Å²) in [5.74, 6) is -1.22. The SMILES string of the molecule is Cc1cc([C@@H](C)OC[C@@]2(c3ccccc3)CCC3(CN2OC(=O)c2ccccc2)NC(=O)NC3=O)cc(C(F)(F)F)c1. The second kappa shape index (κ2) is 11.2. The van der Waals surface area contributed by atoms with E-state index >= 15 is 0 Å². The Balaban J connectivity index is 1.52. The van der Waals surface area contributed by atoms with Crippen LogP contribution in [-0.2, 0) is 26.1 Å². The molecule has 3 aromatic rings. The fourth-order valence-corrected chi connectivity index (χ4v) is 5.52. The third-order valence-corrected chi connectivity index (χ3v) is 7.85. The van der Waals surface area contributed by atoms with Crippen LogP contribution in [0.2, 0.25) is 0 Å². The van der Waals surface area contributed by atoms with Gasteiger partial charge in [-0.05, 0) is 62.1 Å². The van der Waals surface area contributed by atoms with E-state index in [1.807, 2.05) is 30.3 Å². The molecule has 0 saturated carbocycles. The molecule has 0 bridgehead atoms. The van der Waals surface area contributed by atoms with Crippen LogP contribution in [0.25, 0.3) is 0 Å². The number of halogens is 3. The average molecular weight is 582 g/mol. The predicted molar refractivity (Wildman–Crippen MR) is 146 cm³/mol. The first-order valence-corrected chi connectivity index (χ1v) is 13.5. The zero-order valence-electron chi connectivity index (χ0n) is 23.0. The Kier molecular flexibility index (Phi) is 7.82. The van der Waals surface area contributed by atoms with Crippen molar-refractivity contribution < 1.29 is 37.1 Å². The Morgan fingerprint density at radius 2 is 1.67 bits per heavy atom. The van der Waals surface area contributed by atoms with Crippen molar-refractivity contribution in [3.63, 3.8) is 0 Å². The number of alkyl halides is 3. The number of hydrogen-bond donors (Lipinski definition) is 2. The molecule has 2 fully saturated rings. The van der Waals surface area contributed by atoms with Crippen molar-refractivity contribution in [2.24, 2.45) is 0 Å². The van der Waals surface area contributed by atoms with Gasteiger partial charge in [0.25, 0.3) is 5.91 Å². The van der Waals surface area contributed by atoms with Gasteiger partial charge in [-0.15, -0.1) is 5.06 Å². The van der Waals surface area contributed by atoms with Crippen LogP contribution in [0.15, 0.2) is 78.9 Å². The molecular formula is C31H30F3N3O5. The van der Waals surface area contributed by atoms with E-state index in [-0.39, 0.29) is 31.6 Å². The van der Waals surface area contributed by atoms with E-state index in [1.54, 1.807) is 50.2 Å².